The summed E-state index contributed by atoms with van der Waals surface area (Å²) >= 11 is 0. The molecule has 0 atom stereocenters. The van der Waals surface area contributed by atoms with Crippen LogP contribution in [0.25, 0.3) is 76.9 Å². The average Bonchev–Trinajstić information content (AvgIpc) is 3.77. The lowest BCUT2D eigenvalue weighted by Gasteiger charge is -2.26. The first kappa shape index (κ1) is 31.2. The average molecular weight is 702 g/mol. The maximum atomic E-state index is 2.42. The fourth-order valence-electron chi connectivity index (χ4n) is 8.60. The van der Waals surface area contributed by atoms with Crippen LogP contribution in [0, 0.1) is 0 Å². The van der Waals surface area contributed by atoms with Gasteiger partial charge in [0.25, 0.3) is 0 Å². The molecule has 0 aliphatic carbocycles. The van der Waals surface area contributed by atoms with Gasteiger partial charge < -0.3 is 14.0 Å². The van der Waals surface area contributed by atoms with Gasteiger partial charge in [0.1, 0.15) is 0 Å². The highest BCUT2D eigenvalue weighted by Crippen LogP contribution is 2.41. The van der Waals surface area contributed by atoms with Crippen molar-refractivity contribution in [3.63, 3.8) is 0 Å². The van der Waals surface area contributed by atoms with Crippen LogP contribution >= 0.6 is 0 Å². The van der Waals surface area contributed by atoms with E-state index in [-0.39, 0.29) is 0 Å². The molecular weight excluding hydrogens is 667 g/mol. The van der Waals surface area contributed by atoms with Gasteiger partial charge in [-0.3, -0.25) is 0 Å². The van der Waals surface area contributed by atoms with Gasteiger partial charge in [-0.15, -0.1) is 0 Å². The van der Waals surface area contributed by atoms with Gasteiger partial charge in [-0.05, 0) is 101 Å². The highest BCUT2D eigenvalue weighted by atomic mass is 15.1. The zero-order valence-electron chi connectivity index (χ0n) is 30.0. The van der Waals surface area contributed by atoms with Crippen LogP contribution in [-0.2, 0) is 0 Å². The molecule has 3 nitrogen and oxygen atoms in total. The van der Waals surface area contributed by atoms with Gasteiger partial charge in [0.05, 0.1) is 27.8 Å². The van der Waals surface area contributed by atoms with Crippen LogP contribution in [0.2, 0.25) is 0 Å². The minimum absolute atomic E-state index is 1.11. The predicted molar refractivity (Wildman–Crippen MR) is 233 cm³/mol. The SMILES string of the molecule is c1ccc(N(c2ccc(-c3ccc4c(c3)c3ccccc3n4-c3ccccc3)cc2)c2ccc3c(c2)c2ccccc2n3-c2cccc3ccccc23)cc1. The molecule has 0 amide bonds. The van der Waals surface area contributed by atoms with E-state index in [0.29, 0.717) is 0 Å². The van der Waals surface area contributed by atoms with Crippen LogP contribution < -0.4 is 4.90 Å². The molecule has 2 aromatic heterocycles. The van der Waals surface area contributed by atoms with Crippen molar-refractivity contribution >= 4 is 71.4 Å². The van der Waals surface area contributed by atoms with Crippen molar-refractivity contribution in [2.45, 2.75) is 0 Å². The van der Waals surface area contributed by atoms with E-state index in [9.17, 15) is 0 Å². The Balaban J connectivity index is 1.03. The largest absolute Gasteiger partial charge is 0.310 e. The fraction of sp³-hybridized carbons (Fsp3) is 0. The van der Waals surface area contributed by atoms with Gasteiger partial charge in [0.2, 0.25) is 0 Å². The van der Waals surface area contributed by atoms with Gasteiger partial charge in [0.15, 0.2) is 0 Å². The number of hydrogen-bond acceptors (Lipinski definition) is 1. The summed E-state index contributed by atoms with van der Waals surface area (Å²) in [6.45, 7) is 0. The van der Waals surface area contributed by atoms with E-state index in [1.165, 1.54) is 76.9 Å². The predicted octanol–water partition coefficient (Wildman–Crippen LogP) is 14.2. The molecule has 0 saturated heterocycles. The van der Waals surface area contributed by atoms with E-state index >= 15 is 0 Å². The molecule has 2 heterocycles. The van der Waals surface area contributed by atoms with Crippen LogP contribution in [0.5, 0.6) is 0 Å². The van der Waals surface area contributed by atoms with Crippen molar-refractivity contribution < 1.29 is 0 Å². The molecule has 0 spiro atoms. The Morgan fingerprint density at radius 3 is 1.56 bits per heavy atom. The van der Waals surface area contributed by atoms with Crippen molar-refractivity contribution in [2.75, 3.05) is 4.90 Å². The number of hydrogen-bond donors (Lipinski definition) is 0. The van der Waals surface area contributed by atoms with Crippen LogP contribution in [0.4, 0.5) is 17.1 Å². The Bertz CT molecular complexity index is 3180. The molecule has 11 rings (SSSR count). The monoisotopic (exact) mass is 701 g/mol. The van der Waals surface area contributed by atoms with E-state index in [1.54, 1.807) is 0 Å². The number of fused-ring (bicyclic) bond motifs is 7. The Hall–Kier alpha value is -7.36. The minimum Gasteiger partial charge on any atom is -0.310 e. The Morgan fingerprint density at radius 1 is 0.291 bits per heavy atom. The maximum Gasteiger partial charge on any atom is 0.0542 e. The number of rotatable bonds is 6. The summed E-state index contributed by atoms with van der Waals surface area (Å²) in [4.78, 5) is 2.37. The Kier molecular flexibility index (Phi) is 7.17. The summed E-state index contributed by atoms with van der Waals surface area (Å²) in [5, 5.41) is 7.44. The number of nitrogens with zero attached hydrogens (tertiary/aromatic N) is 3. The summed E-state index contributed by atoms with van der Waals surface area (Å²) in [6, 6.07) is 76.8. The molecule has 0 unspecified atom stereocenters. The lowest BCUT2D eigenvalue weighted by molar-refractivity contribution is 1.18. The first-order valence-corrected chi connectivity index (χ1v) is 18.9. The van der Waals surface area contributed by atoms with Crippen molar-refractivity contribution in [3.8, 4) is 22.5 Å². The molecule has 55 heavy (non-hydrogen) atoms. The smallest absolute Gasteiger partial charge is 0.0542 e. The van der Waals surface area contributed by atoms with Crippen LogP contribution in [0.3, 0.4) is 0 Å². The minimum atomic E-state index is 1.11. The van der Waals surface area contributed by atoms with Crippen LogP contribution in [0.1, 0.15) is 0 Å². The quantitative estimate of drug-likeness (QED) is 0.168. The van der Waals surface area contributed by atoms with E-state index < -0.39 is 0 Å². The first-order chi connectivity index (χ1) is 27.3. The second-order valence-corrected chi connectivity index (χ2v) is 14.2. The molecule has 0 N–H and O–H groups in total. The summed E-state index contributed by atoms with van der Waals surface area (Å²) in [5.41, 5.74) is 12.9. The summed E-state index contributed by atoms with van der Waals surface area (Å²) in [5.74, 6) is 0. The van der Waals surface area contributed by atoms with Gasteiger partial charge in [-0.2, -0.15) is 0 Å². The van der Waals surface area contributed by atoms with E-state index in [2.05, 4.69) is 226 Å². The molecule has 3 heteroatoms. The molecule has 0 saturated carbocycles. The zero-order valence-corrected chi connectivity index (χ0v) is 30.0. The molecule has 0 bridgehead atoms. The van der Waals surface area contributed by atoms with E-state index in [1.807, 2.05) is 0 Å². The highest BCUT2D eigenvalue weighted by Gasteiger charge is 2.19. The lowest BCUT2D eigenvalue weighted by Crippen LogP contribution is -2.09. The van der Waals surface area contributed by atoms with Gasteiger partial charge in [-0.25, -0.2) is 0 Å². The van der Waals surface area contributed by atoms with Crippen molar-refractivity contribution in [2.24, 2.45) is 0 Å². The van der Waals surface area contributed by atoms with E-state index in [4.69, 9.17) is 0 Å². The zero-order chi connectivity index (χ0) is 36.3. The third-order valence-corrected chi connectivity index (χ3v) is 11.1. The summed E-state index contributed by atoms with van der Waals surface area (Å²) < 4.78 is 4.79. The van der Waals surface area contributed by atoms with E-state index in [0.717, 1.165) is 17.1 Å². The van der Waals surface area contributed by atoms with Gasteiger partial charge in [-0.1, -0.05) is 127 Å². The highest BCUT2D eigenvalue weighted by molar-refractivity contribution is 6.12. The number of benzene rings is 9. The summed E-state index contributed by atoms with van der Waals surface area (Å²) in [7, 11) is 0. The standard InChI is InChI=1S/C52H35N3/c1-3-16-39(17-4-1)53(42-31-33-52-47(35-42)45-22-10-12-24-50(45)55(52)48-25-13-15-37-14-7-8-20-43(37)48)41-29-26-36(27-30-41)38-28-32-51-46(34-38)44-21-9-11-23-49(44)54(51)40-18-5-2-6-19-40/h1-35H. The Morgan fingerprint density at radius 2 is 0.800 bits per heavy atom. The number of aromatic nitrogens is 2. The molecule has 9 aromatic carbocycles. The van der Waals surface area contributed by atoms with Crippen molar-refractivity contribution in [1.82, 2.24) is 9.13 Å². The topological polar surface area (TPSA) is 13.1 Å². The second kappa shape index (κ2) is 12.6. The molecule has 0 radical (unpaired) electrons. The molecule has 258 valence electrons. The lowest BCUT2D eigenvalue weighted by atomic mass is 10.0. The van der Waals surface area contributed by atoms with Gasteiger partial charge in [0, 0.05) is 49.7 Å². The maximum absolute atomic E-state index is 2.42. The molecule has 11 aromatic rings. The third-order valence-electron chi connectivity index (χ3n) is 11.1. The van der Waals surface area contributed by atoms with Crippen LogP contribution in [0.15, 0.2) is 212 Å². The molecule has 0 aliphatic heterocycles. The van der Waals surface area contributed by atoms with Crippen molar-refractivity contribution in [1.29, 1.82) is 0 Å². The molecule has 0 aliphatic rings. The summed E-state index contributed by atoms with van der Waals surface area (Å²) in [6.07, 6.45) is 0. The Labute approximate surface area is 319 Å². The normalized spacial score (nSPS) is 11.6. The first-order valence-electron chi connectivity index (χ1n) is 18.9. The van der Waals surface area contributed by atoms with Gasteiger partial charge >= 0.3 is 0 Å². The van der Waals surface area contributed by atoms with Crippen molar-refractivity contribution in [3.05, 3.63) is 212 Å². The molecule has 0 fully saturated rings. The fourth-order valence-corrected chi connectivity index (χ4v) is 8.60. The molecular formula is C52H35N3. The second-order valence-electron chi connectivity index (χ2n) is 14.2. The number of anilines is 3. The third kappa shape index (κ3) is 5.05. The number of para-hydroxylation sites is 4. The van der Waals surface area contributed by atoms with Crippen LogP contribution in [-0.4, -0.2) is 9.13 Å².